The number of ether oxygens (including phenoxy) is 1. The van der Waals surface area contributed by atoms with E-state index < -0.39 is 0 Å². The van der Waals surface area contributed by atoms with E-state index in [1.807, 2.05) is 13.8 Å². The molecule has 3 aliphatic rings. The Morgan fingerprint density at radius 1 is 1.03 bits per heavy atom. The van der Waals surface area contributed by atoms with E-state index in [4.69, 9.17) is 10.1 Å². The Labute approximate surface area is 243 Å². The second-order valence-electron chi connectivity index (χ2n) is 11.5. The van der Waals surface area contributed by atoms with Crippen LogP contribution in [0.5, 0.6) is 5.75 Å². The molecule has 1 N–H and O–H groups in total. The molecule has 5 heteroatoms. The number of hydrogen-bond donors (Lipinski definition) is 2. The molecule has 5 unspecified atom stereocenters. The topological polar surface area (TPSA) is 48.7 Å². The third-order valence-corrected chi connectivity index (χ3v) is 9.31. The third kappa shape index (κ3) is 7.98. The van der Waals surface area contributed by atoms with Crippen molar-refractivity contribution in [1.82, 2.24) is 4.90 Å². The van der Waals surface area contributed by atoms with E-state index in [9.17, 15) is 0 Å². The molecule has 39 heavy (non-hydrogen) atoms. The van der Waals surface area contributed by atoms with Gasteiger partial charge in [0.15, 0.2) is 5.84 Å². The number of thiol groups is 1. The van der Waals surface area contributed by atoms with E-state index in [0.29, 0.717) is 5.94 Å². The fourth-order valence-corrected chi connectivity index (χ4v) is 7.27. The molecule has 0 aliphatic heterocycles. The highest BCUT2D eigenvalue weighted by Crippen LogP contribution is 2.59. The zero-order chi connectivity index (χ0) is 28.5. The lowest BCUT2D eigenvalue weighted by Gasteiger charge is -2.39. The lowest BCUT2D eigenvalue weighted by Crippen LogP contribution is -2.28. The van der Waals surface area contributed by atoms with Crippen molar-refractivity contribution in [2.75, 3.05) is 26.1 Å². The molecule has 0 spiro atoms. The fourth-order valence-electron chi connectivity index (χ4n) is 7.13. The molecule has 3 aliphatic carbocycles. The summed E-state index contributed by atoms with van der Waals surface area (Å²) in [6.45, 7) is 16.0. The van der Waals surface area contributed by atoms with Crippen LogP contribution in [0.2, 0.25) is 0 Å². The van der Waals surface area contributed by atoms with Gasteiger partial charge in [0.1, 0.15) is 11.7 Å². The Hall–Kier alpha value is -2.11. The average Bonchev–Trinajstić information content (AvgIpc) is 3.18. The molecule has 0 heterocycles. The van der Waals surface area contributed by atoms with Crippen LogP contribution in [0.25, 0.3) is 0 Å². The highest BCUT2D eigenvalue weighted by Gasteiger charge is 2.48. The molecule has 2 aromatic carbocycles. The quantitative estimate of drug-likeness (QED) is 0.150. The maximum Gasteiger partial charge on any atom is 0.151 e. The smallest absolute Gasteiger partial charge is 0.151 e. The van der Waals surface area contributed by atoms with Gasteiger partial charge in [-0.3, -0.25) is 5.41 Å². The fraction of sp³-hybridized carbons (Fsp3) is 0.588. The molecule has 214 valence electrons. The third-order valence-electron chi connectivity index (χ3n) is 9.18. The van der Waals surface area contributed by atoms with Crippen molar-refractivity contribution < 1.29 is 4.74 Å². The van der Waals surface area contributed by atoms with E-state index in [2.05, 4.69) is 93.5 Å². The number of nitrogens with one attached hydrogen (secondary N) is 1. The molecular formula is C34H51N3OS. The van der Waals surface area contributed by atoms with Crippen LogP contribution in [-0.2, 0) is 6.42 Å². The lowest BCUT2D eigenvalue weighted by molar-refractivity contribution is 0.154. The minimum Gasteiger partial charge on any atom is -0.483 e. The molecule has 4 nitrogen and oxygen atoms in total. The predicted molar refractivity (Wildman–Crippen MR) is 171 cm³/mol. The molecule has 2 aromatic rings. The number of likely N-dealkylation sites (N-methyl/N-ethyl adjacent to an activating group) is 1. The number of rotatable bonds is 8. The van der Waals surface area contributed by atoms with Gasteiger partial charge in [-0.1, -0.05) is 51.1 Å². The van der Waals surface area contributed by atoms with Crippen LogP contribution in [0.15, 0.2) is 41.4 Å². The average molecular weight is 550 g/mol. The van der Waals surface area contributed by atoms with Gasteiger partial charge in [-0.15, -0.1) is 12.6 Å². The van der Waals surface area contributed by atoms with Crippen molar-refractivity contribution in [3.8, 4) is 5.75 Å². The van der Waals surface area contributed by atoms with Gasteiger partial charge < -0.3 is 9.64 Å². The van der Waals surface area contributed by atoms with E-state index in [1.165, 1.54) is 54.4 Å². The van der Waals surface area contributed by atoms with Crippen LogP contribution in [0.4, 0.5) is 0 Å². The number of aliphatic imine (C=N–C) groups is 1. The Morgan fingerprint density at radius 3 is 2.31 bits per heavy atom. The van der Waals surface area contributed by atoms with Gasteiger partial charge >= 0.3 is 0 Å². The van der Waals surface area contributed by atoms with Crippen LogP contribution >= 0.6 is 12.6 Å². The van der Waals surface area contributed by atoms with Gasteiger partial charge in [0, 0.05) is 12.1 Å². The summed E-state index contributed by atoms with van der Waals surface area (Å²) in [5.74, 6) is 6.38. The van der Waals surface area contributed by atoms with Crippen LogP contribution in [-0.4, -0.2) is 43.5 Å². The number of amidine groups is 1. The van der Waals surface area contributed by atoms with E-state index in [-0.39, 0.29) is 5.84 Å². The Morgan fingerprint density at radius 2 is 1.69 bits per heavy atom. The second-order valence-corrected chi connectivity index (χ2v) is 11.8. The molecule has 0 amide bonds. The summed E-state index contributed by atoms with van der Waals surface area (Å²) in [6.07, 6.45) is 8.46. The van der Waals surface area contributed by atoms with Crippen LogP contribution in [0, 0.1) is 42.9 Å². The summed E-state index contributed by atoms with van der Waals surface area (Å²) in [6, 6.07) is 12.9. The number of fused-ring (bicyclic) bond motifs is 2. The van der Waals surface area contributed by atoms with Crippen molar-refractivity contribution in [2.24, 2.45) is 28.7 Å². The Bertz CT molecular complexity index is 1080. The van der Waals surface area contributed by atoms with Gasteiger partial charge in [0.2, 0.25) is 0 Å². The Kier molecular flexibility index (Phi) is 12.1. The van der Waals surface area contributed by atoms with E-state index in [0.717, 1.165) is 60.4 Å². The first-order valence-corrected chi connectivity index (χ1v) is 15.6. The van der Waals surface area contributed by atoms with Gasteiger partial charge in [-0.25, -0.2) is 4.99 Å². The van der Waals surface area contributed by atoms with Crippen LogP contribution in [0.3, 0.4) is 0 Å². The molecule has 3 fully saturated rings. The number of hydrogen-bond acceptors (Lipinski definition) is 4. The molecule has 5 rings (SSSR count). The molecule has 5 atom stereocenters. The summed E-state index contributed by atoms with van der Waals surface area (Å²) < 4.78 is 5.47. The van der Waals surface area contributed by atoms with Crippen molar-refractivity contribution in [1.29, 1.82) is 5.41 Å². The van der Waals surface area contributed by atoms with E-state index in [1.54, 1.807) is 0 Å². The molecule has 3 bridgehead atoms. The Balaban J connectivity index is 0.000000206. The van der Waals surface area contributed by atoms with Crippen LogP contribution < -0.4 is 4.74 Å². The van der Waals surface area contributed by atoms with Gasteiger partial charge in [0.25, 0.3) is 0 Å². The normalized spacial score (nSPS) is 24.4. The lowest BCUT2D eigenvalue weighted by atomic mass is 9.65. The maximum atomic E-state index is 7.72. The monoisotopic (exact) mass is 549 g/mol. The van der Waals surface area contributed by atoms with Gasteiger partial charge in [0.05, 0.1) is 0 Å². The molecule has 0 radical (unpaired) electrons. The summed E-state index contributed by atoms with van der Waals surface area (Å²) in [5, 5.41) is 7.72. The summed E-state index contributed by atoms with van der Waals surface area (Å²) >= 11 is 4.09. The first-order valence-electron chi connectivity index (χ1n) is 15.0. The second kappa shape index (κ2) is 15.0. The summed E-state index contributed by atoms with van der Waals surface area (Å²) in [7, 11) is 2.15. The van der Waals surface area contributed by atoms with Gasteiger partial charge in [-0.05, 0) is 131 Å². The molecule has 0 saturated heterocycles. The largest absolute Gasteiger partial charge is 0.483 e. The molecule has 0 aromatic heterocycles. The number of benzene rings is 2. The van der Waals surface area contributed by atoms with Crippen molar-refractivity contribution >= 4 is 25.2 Å². The predicted octanol–water partition coefficient (Wildman–Crippen LogP) is 8.34. The number of nitrogens with zero attached hydrogens (tertiary/aromatic N) is 2. The standard InChI is InChI=1S/C18H22N2.C14H23NOS.C2H6/c1-20-18(19)14-4-2-13(3-5-14)16-9-11-6-12-8-15(7-11)17(16)10-12;1-5-15(4)7-6-13-8-12(3)14(16-10-17)9-11(13)2;1-2/h2-5,11-12,15-17,19H,1,6-10H2;8-9,17H,5-7,10H2,1-4H3;1-2H3. The maximum absolute atomic E-state index is 7.72. The SMILES string of the molecule is C=NC(=N)c1ccc(C2CC3CC4CC(C3)C2C4)cc1.CC.CCN(C)CCc1cc(C)c(OCS)cc1C. The van der Waals surface area contributed by atoms with Crippen molar-refractivity contribution in [2.45, 2.75) is 79.1 Å². The van der Waals surface area contributed by atoms with Crippen molar-refractivity contribution in [3.63, 3.8) is 0 Å². The minimum atomic E-state index is 0.279. The number of aryl methyl sites for hydroxylation is 2. The summed E-state index contributed by atoms with van der Waals surface area (Å²) in [5.41, 5.74) is 6.28. The molecule has 3 saturated carbocycles. The van der Waals surface area contributed by atoms with Gasteiger partial charge in [-0.2, -0.15) is 0 Å². The molecular weight excluding hydrogens is 498 g/mol. The zero-order valence-corrected chi connectivity index (χ0v) is 26.1. The van der Waals surface area contributed by atoms with Crippen molar-refractivity contribution in [3.05, 3.63) is 64.2 Å². The zero-order valence-electron chi connectivity index (χ0n) is 25.2. The summed E-state index contributed by atoms with van der Waals surface area (Å²) in [4.78, 5) is 6.03. The first kappa shape index (κ1) is 31.4. The first-order chi connectivity index (χ1) is 18.8. The highest BCUT2D eigenvalue weighted by molar-refractivity contribution is 7.80. The minimum absolute atomic E-state index is 0.279. The van der Waals surface area contributed by atoms with E-state index >= 15 is 0 Å². The van der Waals surface area contributed by atoms with Crippen LogP contribution in [0.1, 0.15) is 86.6 Å². The highest BCUT2D eigenvalue weighted by atomic mass is 32.1.